The topological polar surface area (TPSA) is 84.5 Å². The lowest BCUT2D eigenvalue weighted by Crippen LogP contribution is -2.31. The van der Waals surface area contributed by atoms with Crippen molar-refractivity contribution >= 4 is 34.5 Å². The number of H-pyrrole nitrogens is 1. The fourth-order valence-electron chi connectivity index (χ4n) is 3.39. The van der Waals surface area contributed by atoms with Gasteiger partial charge >= 0.3 is 0 Å². The Labute approximate surface area is 204 Å². The van der Waals surface area contributed by atoms with Crippen LogP contribution in [0.1, 0.15) is 38.6 Å². The maximum absolute atomic E-state index is 13.0. The Morgan fingerprint density at radius 1 is 1.21 bits per heavy atom. The van der Waals surface area contributed by atoms with Crippen LogP contribution in [-0.2, 0) is 11.3 Å². The number of nitrogens with zero attached hydrogens (tertiary/aromatic N) is 2. The molecule has 0 fully saturated rings. The first-order valence-electron chi connectivity index (χ1n) is 11.3. The summed E-state index contributed by atoms with van der Waals surface area (Å²) in [7, 11) is 1.59. The lowest BCUT2D eigenvalue weighted by atomic mass is 10.1. The Kier molecular flexibility index (Phi) is 8.71. The molecule has 0 saturated carbocycles. The van der Waals surface area contributed by atoms with Gasteiger partial charge in [0.15, 0.2) is 11.5 Å². The van der Waals surface area contributed by atoms with Crippen LogP contribution in [-0.4, -0.2) is 41.0 Å². The summed E-state index contributed by atoms with van der Waals surface area (Å²) < 4.78 is 11.2. The minimum atomic E-state index is -0.261. The molecule has 0 spiro atoms. The zero-order chi connectivity index (χ0) is 24.7. The van der Waals surface area contributed by atoms with Crippen molar-refractivity contribution in [2.24, 2.45) is 5.92 Å². The molecule has 0 aliphatic rings. The maximum Gasteiger partial charge on any atom is 0.258 e. The highest BCUT2D eigenvalue weighted by atomic mass is 35.5. The lowest BCUT2D eigenvalue weighted by Gasteiger charge is -2.20. The van der Waals surface area contributed by atoms with E-state index in [-0.39, 0.29) is 18.0 Å². The average molecular weight is 484 g/mol. The number of ether oxygens (including phenoxy) is 2. The van der Waals surface area contributed by atoms with Crippen molar-refractivity contribution in [1.82, 2.24) is 14.9 Å². The van der Waals surface area contributed by atoms with Crippen LogP contribution in [0.15, 0.2) is 47.3 Å². The van der Waals surface area contributed by atoms with Gasteiger partial charge in [-0.1, -0.05) is 38.4 Å². The molecule has 2 aromatic carbocycles. The molecular formula is C26H30ClN3O4. The Bertz CT molecular complexity index is 1240. The number of amides is 1. The summed E-state index contributed by atoms with van der Waals surface area (Å²) in [6.07, 6.45) is 4.00. The van der Waals surface area contributed by atoms with Gasteiger partial charge < -0.3 is 19.4 Å². The van der Waals surface area contributed by atoms with Crippen LogP contribution in [0.2, 0.25) is 5.02 Å². The predicted molar refractivity (Wildman–Crippen MR) is 135 cm³/mol. The molecule has 8 heteroatoms. The Hall–Kier alpha value is -3.32. The first-order chi connectivity index (χ1) is 16.3. The number of hydrogen-bond acceptors (Lipinski definition) is 5. The Morgan fingerprint density at radius 2 is 2.00 bits per heavy atom. The van der Waals surface area contributed by atoms with Crippen LogP contribution in [0.25, 0.3) is 17.0 Å². The number of nitrogens with one attached hydrogen (secondary N) is 1. The Morgan fingerprint density at radius 3 is 2.71 bits per heavy atom. The van der Waals surface area contributed by atoms with Crippen molar-refractivity contribution < 1.29 is 14.3 Å². The van der Waals surface area contributed by atoms with Crippen LogP contribution >= 0.6 is 11.6 Å². The van der Waals surface area contributed by atoms with Gasteiger partial charge in [0, 0.05) is 17.6 Å². The summed E-state index contributed by atoms with van der Waals surface area (Å²) in [6, 6.07) is 10.5. The van der Waals surface area contributed by atoms with E-state index in [2.05, 4.69) is 23.8 Å². The molecular weight excluding hydrogens is 454 g/mol. The van der Waals surface area contributed by atoms with Crippen molar-refractivity contribution in [1.29, 1.82) is 0 Å². The summed E-state index contributed by atoms with van der Waals surface area (Å²) in [6.45, 7) is 7.44. The van der Waals surface area contributed by atoms with Crippen LogP contribution < -0.4 is 15.0 Å². The third-order valence-electron chi connectivity index (χ3n) is 5.04. The van der Waals surface area contributed by atoms with Gasteiger partial charge in [0.05, 0.1) is 31.2 Å². The van der Waals surface area contributed by atoms with Gasteiger partial charge in [-0.2, -0.15) is 0 Å². The van der Waals surface area contributed by atoms with Crippen molar-refractivity contribution in [3.8, 4) is 11.5 Å². The van der Waals surface area contributed by atoms with Crippen molar-refractivity contribution in [2.75, 3.05) is 20.3 Å². The molecule has 0 aliphatic carbocycles. The molecule has 0 atom stereocenters. The molecule has 1 amide bonds. The van der Waals surface area contributed by atoms with E-state index in [1.54, 1.807) is 36.3 Å². The number of carbonyl (C=O) groups excluding carboxylic acids is 1. The van der Waals surface area contributed by atoms with Gasteiger partial charge in [-0.15, -0.1) is 0 Å². The summed E-state index contributed by atoms with van der Waals surface area (Å²) in [4.78, 5) is 34.3. The number of aromatic amines is 1. The van der Waals surface area contributed by atoms with Crippen molar-refractivity contribution in [3.63, 3.8) is 0 Å². The van der Waals surface area contributed by atoms with E-state index < -0.39 is 0 Å². The molecule has 180 valence electrons. The van der Waals surface area contributed by atoms with Gasteiger partial charge in [0.2, 0.25) is 5.91 Å². The van der Waals surface area contributed by atoms with E-state index in [1.165, 1.54) is 6.08 Å². The summed E-state index contributed by atoms with van der Waals surface area (Å²) in [5.41, 5.74) is 1.05. The minimum absolute atomic E-state index is 0.181. The second-order valence-corrected chi connectivity index (χ2v) is 8.82. The largest absolute Gasteiger partial charge is 0.493 e. The SMILES string of the molecule is CCCN(Cc1nc2cc(Cl)ccc2c(=O)[nH]1)C(=O)/C=C/c1ccc(OCC(C)C)c(OC)c1. The first kappa shape index (κ1) is 25.3. The number of benzene rings is 2. The molecule has 1 heterocycles. The van der Waals surface area contributed by atoms with Crippen LogP contribution in [0, 0.1) is 5.92 Å². The zero-order valence-electron chi connectivity index (χ0n) is 19.9. The molecule has 0 radical (unpaired) electrons. The smallest absolute Gasteiger partial charge is 0.258 e. The van der Waals surface area contributed by atoms with E-state index in [0.29, 0.717) is 52.3 Å². The molecule has 7 nitrogen and oxygen atoms in total. The number of aromatic nitrogens is 2. The summed E-state index contributed by atoms with van der Waals surface area (Å²) in [5, 5.41) is 0.952. The van der Waals surface area contributed by atoms with E-state index in [4.69, 9.17) is 21.1 Å². The lowest BCUT2D eigenvalue weighted by molar-refractivity contribution is -0.126. The summed E-state index contributed by atoms with van der Waals surface area (Å²) in [5.74, 6) is 1.89. The standard InChI is InChI=1S/C26H30ClN3O4/c1-5-12-30(15-24-28-21-14-19(27)8-9-20(21)26(32)29-24)25(31)11-7-18-6-10-22(23(13-18)33-4)34-16-17(2)3/h6-11,13-14,17H,5,12,15-16H2,1-4H3,(H,28,29,32)/b11-7+. The fourth-order valence-corrected chi connectivity index (χ4v) is 3.56. The quantitative estimate of drug-likeness (QED) is 0.407. The number of carbonyl (C=O) groups is 1. The average Bonchev–Trinajstić information content (AvgIpc) is 2.80. The van der Waals surface area contributed by atoms with Gasteiger partial charge in [-0.05, 0) is 54.3 Å². The molecule has 3 aromatic rings. The second kappa shape index (κ2) is 11.7. The van der Waals surface area contributed by atoms with Gasteiger partial charge in [0.1, 0.15) is 5.82 Å². The second-order valence-electron chi connectivity index (χ2n) is 8.38. The molecule has 0 bridgehead atoms. The highest BCUT2D eigenvalue weighted by Crippen LogP contribution is 2.29. The molecule has 1 aromatic heterocycles. The first-order valence-corrected chi connectivity index (χ1v) is 11.6. The molecule has 34 heavy (non-hydrogen) atoms. The molecule has 0 aliphatic heterocycles. The van der Waals surface area contributed by atoms with Gasteiger partial charge in [0.25, 0.3) is 5.56 Å². The van der Waals surface area contributed by atoms with Crippen LogP contribution in [0.4, 0.5) is 0 Å². The Balaban J connectivity index is 1.77. The molecule has 1 N–H and O–H groups in total. The third-order valence-corrected chi connectivity index (χ3v) is 5.28. The van der Waals surface area contributed by atoms with Gasteiger partial charge in [-0.25, -0.2) is 4.98 Å². The number of hydrogen-bond donors (Lipinski definition) is 1. The molecule has 0 saturated heterocycles. The summed E-state index contributed by atoms with van der Waals surface area (Å²) >= 11 is 6.05. The van der Waals surface area contributed by atoms with Crippen molar-refractivity contribution in [3.05, 3.63) is 69.2 Å². The van der Waals surface area contributed by atoms with Gasteiger partial charge in [-0.3, -0.25) is 9.59 Å². The number of rotatable bonds is 10. The zero-order valence-corrected chi connectivity index (χ0v) is 20.7. The fraction of sp³-hybridized carbons (Fsp3) is 0.346. The van der Waals surface area contributed by atoms with E-state index in [0.717, 1.165) is 12.0 Å². The van der Waals surface area contributed by atoms with E-state index >= 15 is 0 Å². The highest BCUT2D eigenvalue weighted by molar-refractivity contribution is 6.31. The highest BCUT2D eigenvalue weighted by Gasteiger charge is 2.14. The molecule has 0 unspecified atom stereocenters. The maximum atomic E-state index is 13.0. The van der Waals surface area contributed by atoms with E-state index in [1.807, 2.05) is 25.1 Å². The third kappa shape index (κ3) is 6.60. The monoisotopic (exact) mass is 483 g/mol. The number of halogens is 1. The predicted octanol–water partition coefficient (Wildman–Crippen LogP) is 5.07. The number of methoxy groups -OCH3 is 1. The minimum Gasteiger partial charge on any atom is -0.493 e. The van der Waals surface area contributed by atoms with E-state index in [9.17, 15) is 9.59 Å². The number of fused-ring (bicyclic) bond motifs is 1. The molecule has 3 rings (SSSR count). The normalized spacial score (nSPS) is 11.4. The van der Waals surface area contributed by atoms with Crippen LogP contribution in [0.3, 0.4) is 0 Å². The van der Waals surface area contributed by atoms with Crippen LogP contribution in [0.5, 0.6) is 11.5 Å². The van der Waals surface area contributed by atoms with Crippen molar-refractivity contribution in [2.45, 2.75) is 33.7 Å².